The molecule has 2 heterocycles. The molecule has 0 saturated carbocycles. The number of hydrogen-bond donors (Lipinski definition) is 0. The molecule has 1 aromatic carbocycles. The van der Waals surface area contributed by atoms with Crippen LogP contribution in [0.4, 0.5) is 13.2 Å². The lowest BCUT2D eigenvalue weighted by Crippen LogP contribution is -2.40. The van der Waals surface area contributed by atoms with Gasteiger partial charge in [0.1, 0.15) is 5.69 Å². The second kappa shape index (κ2) is 6.81. The quantitative estimate of drug-likeness (QED) is 0.772. The van der Waals surface area contributed by atoms with E-state index in [1.54, 1.807) is 0 Å². The highest BCUT2D eigenvalue weighted by molar-refractivity contribution is 6.31. The van der Waals surface area contributed by atoms with Gasteiger partial charge in [0.25, 0.3) is 5.56 Å². The summed E-state index contributed by atoms with van der Waals surface area (Å²) in [6, 6.07) is 4.57. The highest BCUT2D eigenvalue weighted by Crippen LogP contribution is 2.35. The molecule has 27 heavy (non-hydrogen) atoms. The van der Waals surface area contributed by atoms with Crippen molar-refractivity contribution < 1.29 is 22.6 Å². The Labute approximate surface area is 156 Å². The molecule has 0 bridgehead atoms. The van der Waals surface area contributed by atoms with Crippen LogP contribution in [-0.2, 0) is 22.7 Å². The zero-order valence-corrected chi connectivity index (χ0v) is 15.3. The van der Waals surface area contributed by atoms with Crippen molar-refractivity contribution >= 4 is 11.6 Å². The van der Waals surface area contributed by atoms with Gasteiger partial charge in [-0.05, 0) is 32.0 Å². The summed E-state index contributed by atoms with van der Waals surface area (Å²) in [5.74, 6) is 0. The number of rotatable bonds is 2. The number of alkyl halides is 3. The normalized spacial score (nSPS) is 23.0. The van der Waals surface area contributed by atoms with Crippen LogP contribution in [0.1, 0.15) is 31.4 Å². The molecule has 0 N–H and O–H groups in total. The Kier molecular flexibility index (Phi) is 4.96. The summed E-state index contributed by atoms with van der Waals surface area (Å²) >= 11 is 6.18. The zero-order valence-electron chi connectivity index (χ0n) is 14.6. The number of halogens is 4. The predicted molar refractivity (Wildman–Crippen MR) is 91.1 cm³/mol. The molecule has 0 aliphatic carbocycles. The van der Waals surface area contributed by atoms with Crippen LogP contribution in [0.25, 0.3) is 5.69 Å². The van der Waals surface area contributed by atoms with Crippen molar-refractivity contribution in [3.63, 3.8) is 0 Å². The van der Waals surface area contributed by atoms with E-state index >= 15 is 0 Å². The summed E-state index contributed by atoms with van der Waals surface area (Å²) < 4.78 is 51.3. The van der Waals surface area contributed by atoms with Gasteiger partial charge < -0.3 is 9.47 Å². The van der Waals surface area contributed by atoms with Crippen LogP contribution < -0.4 is 11.2 Å². The van der Waals surface area contributed by atoms with Gasteiger partial charge in [-0.1, -0.05) is 11.6 Å². The van der Waals surface area contributed by atoms with Crippen LogP contribution in [0.3, 0.4) is 0 Å². The summed E-state index contributed by atoms with van der Waals surface area (Å²) in [7, 11) is 0.949. The maximum absolute atomic E-state index is 13.0. The van der Waals surface area contributed by atoms with E-state index in [9.17, 15) is 22.8 Å². The van der Waals surface area contributed by atoms with Gasteiger partial charge in [0, 0.05) is 23.7 Å². The Balaban J connectivity index is 2.14. The lowest BCUT2D eigenvalue weighted by atomic mass is 10.2. The molecular weight excluding hydrogens is 389 g/mol. The molecule has 1 aliphatic rings. The Bertz CT molecular complexity index is 989. The molecule has 10 heteroatoms. The van der Waals surface area contributed by atoms with Crippen LogP contribution in [-0.4, -0.2) is 21.3 Å². The van der Waals surface area contributed by atoms with Crippen molar-refractivity contribution in [2.24, 2.45) is 7.05 Å². The standard InChI is InChI=1S/C17H16ClF3N2O4/c1-8-9(2)27-15(26-8)11-6-10(4-5-12(11)18)23-14(24)7-13(17(19,20)21)22(3)16(23)25/h4-9,15H,1-3H3. The Morgan fingerprint density at radius 3 is 2.22 bits per heavy atom. The minimum Gasteiger partial charge on any atom is -0.343 e. The monoisotopic (exact) mass is 404 g/mol. The van der Waals surface area contributed by atoms with Crippen molar-refractivity contribution in [3.8, 4) is 5.69 Å². The van der Waals surface area contributed by atoms with Crippen LogP contribution >= 0.6 is 11.6 Å². The van der Waals surface area contributed by atoms with E-state index in [2.05, 4.69) is 0 Å². The first-order valence-electron chi connectivity index (χ1n) is 8.01. The number of aromatic nitrogens is 2. The van der Waals surface area contributed by atoms with E-state index < -0.39 is 29.4 Å². The molecular formula is C17H16ClF3N2O4. The number of benzene rings is 1. The van der Waals surface area contributed by atoms with E-state index in [0.29, 0.717) is 20.8 Å². The first kappa shape index (κ1) is 19.7. The minimum atomic E-state index is -4.82. The van der Waals surface area contributed by atoms with E-state index in [0.717, 1.165) is 7.05 Å². The molecule has 2 aromatic rings. The summed E-state index contributed by atoms with van der Waals surface area (Å²) in [6.07, 6.45) is -6.03. The van der Waals surface area contributed by atoms with E-state index in [1.165, 1.54) is 18.2 Å². The molecule has 2 unspecified atom stereocenters. The predicted octanol–water partition coefficient (Wildman–Crippen LogP) is 3.03. The smallest absolute Gasteiger partial charge is 0.343 e. The van der Waals surface area contributed by atoms with Gasteiger partial charge in [-0.3, -0.25) is 9.36 Å². The molecule has 3 rings (SSSR count). The average Bonchev–Trinajstić information content (AvgIpc) is 2.90. The summed E-state index contributed by atoms with van der Waals surface area (Å²) in [5.41, 5.74) is -3.12. The molecule has 0 radical (unpaired) electrons. The van der Waals surface area contributed by atoms with Gasteiger partial charge in [0.05, 0.1) is 17.9 Å². The summed E-state index contributed by atoms with van der Waals surface area (Å²) in [4.78, 5) is 24.6. The van der Waals surface area contributed by atoms with Gasteiger partial charge in [-0.15, -0.1) is 0 Å². The van der Waals surface area contributed by atoms with E-state index in [4.69, 9.17) is 21.1 Å². The van der Waals surface area contributed by atoms with Crippen molar-refractivity contribution in [2.75, 3.05) is 0 Å². The highest BCUT2D eigenvalue weighted by atomic mass is 35.5. The maximum atomic E-state index is 13.0. The number of nitrogens with zero attached hydrogens (tertiary/aromatic N) is 2. The number of hydrogen-bond acceptors (Lipinski definition) is 4. The highest BCUT2D eigenvalue weighted by Gasteiger charge is 2.35. The second-order valence-electron chi connectivity index (χ2n) is 6.26. The number of ether oxygens (including phenoxy) is 2. The maximum Gasteiger partial charge on any atom is 0.431 e. The molecule has 0 amide bonds. The molecule has 0 spiro atoms. The summed E-state index contributed by atoms with van der Waals surface area (Å²) in [5, 5.41) is 0.279. The fraction of sp³-hybridized carbons (Fsp3) is 0.412. The van der Waals surface area contributed by atoms with Gasteiger partial charge in [0.2, 0.25) is 0 Å². The second-order valence-corrected chi connectivity index (χ2v) is 6.67. The SMILES string of the molecule is CC1OC(c2cc(-n3c(=O)cc(C(F)(F)F)n(C)c3=O)ccc2Cl)OC1C. The molecule has 1 aliphatic heterocycles. The molecule has 6 nitrogen and oxygen atoms in total. The lowest BCUT2D eigenvalue weighted by Gasteiger charge is -2.16. The Hall–Kier alpha value is -2.10. The molecule has 1 saturated heterocycles. The van der Waals surface area contributed by atoms with Crippen LogP contribution in [0, 0.1) is 0 Å². The molecule has 2 atom stereocenters. The van der Waals surface area contributed by atoms with Gasteiger partial charge in [-0.25, -0.2) is 9.36 Å². The first-order valence-corrected chi connectivity index (χ1v) is 8.39. The average molecular weight is 405 g/mol. The van der Waals surface area contributed by atoms with Crippen molar-refractivity contribution in [2.45, 2.75) is 38.5 Å². The molecule has 1 aromatic heterocycles. The molecule has 146 valence electrons. The van der Waals surface area contributed by atoms with Crippen molar-refractivity contribution in [1.82, 2.24) is 9.13 Å². The third-order valence-corrected chi connectivity index (χ3v) is 4.78. The van der Waals surface area contributed by atoms with Crippen molar-refractivity contribution in [1.29, 1.82) is 0 Å². The summed E-state index contributed by atoms with van der Waals surface area (Å²) in [6.45, 7) is 3.64. The van der Waals surface area contributed by atoms with Crippen LogP contribution in [0.2, 0.25) is 5.02 Å². The Morgan fingerprint density at radius 2 is 1.67 bits per heavy atom. The lowest BCUT2D eigenvalue weighted by molar-refractivity contribution is -0.144. The van der Waals surface area contributed by atoms with Gasteiger partial charge in [-0.2, -0.15) is 13.2 Å². The van der Waals surface area contributed by atoms with Gasteiger partial charge >= 0.3 is 11.9 Å². The molecule has 1 fully saturated rings. The van der Waals surface area contributed by atoms with Crippen molar-refractivity contribution in [3.05, 3.63) is 61.4 Å². The third kappa shape index (κ3) is 3.54. The topological polar surface area (TPSA) is 62.5 Å². The van der Waals surface area contributed by atoms with Gasteiger partial charge in [0.15, 0.2) is 6.29 Å². The van der Waals surface area contributed by atoms with E-state index in [-0.39, 0.29) is 22.9 Å². The minimum absolute atomic E-state index is 0.0631. The first-order chi connectivity index (χ1) is 12.5. The van der Waals surface area contributed by atoms with Crippen LogP contribution in [0.15, 0.2) is 33.9 Å². The Morgan fingerprint density at radius 1 is 1.07 bits per heavy atom. The van der Waals surface area contributed by atoms with Crippen LogP contribution in [0.5, 0.6) is 0 Å². The third-order valence-electron chi connectivity index (χ3n) is 4.44. The fourth-order valence-electron chi connectivity index (χ4n) is 2.78. The zero-order chi connectivity index (χ0) is 20.1. The fourth-order valence-corrected chi connectivity index (χ4v) is 2.98. The van der Waals surface area contributed by atoms with E-state index in [1.807, 2.05) is 13.8 Å². The largest absolute Gasteiger partial charge is 0.431 e.